The second-order valence-corrected chi connectivity index (χ2v) is 5.93. The zero-order valence-electron chi connectivity index (χ0n) is 14.5. The highest BCUT2D eigenvalue weighted by molar-refractivity contribution is 7.80. The van der Waals surface area contributed by atoms with Crippen molar-refractivity contribution in [2.24, 2.45) is 7.05 Å². The number of amides is 2. The van der Waals surface area contributed by atoms with E-state index in [4.69, 9.17) is 21.7 Å². The van der Waals surface area contributed by atoms with Crippen molar-refractivity contribution in [3.63, 3.8) is 0 Å². The minimum absolute atomic E-state index is 0.0180. The number of rotatable bonds is 4. The van der Waals surface area contributed by atoms with E-state index in [1.54, 1.807) is 28.8 Å². The van der Waals surface area contributed by atoms with Gasteiger partial charge in [0.05, 0.1) is 19.9 Å². The summed E-state index contributed by atoms with van der Waals surface area (Å²) in [6.45, 7) is 0. The average Bonchev–Trinajstić information content (AvgIpc) is 3.03. The monoisotopic (exact) mass is 371 g/mol. The van der Waals surface area contributed by atoms with E-state index in [-0.39, 0.29) is 10.7 Å². The lowest BCUT2D eigenvalue weighted by molar-refractivity contribution is -0.122. The quantitative estimate of drug-likeness (QED) is 0.505. The number of methoxy groups -OCH3 is 2. The maximum Gasteiger partial charge on any atom is 0.270 e. The number of anilines is 1. The fourth-order valence-electron chi connectivity index (χ4n) is 2.62. The highest BCUT2D eigenvalue weighted by Gasteiger charge is 2.36. The Morgan fingerprint density at radius 2 is 1.92 bits per heavy atom. The first-order chi connectivity index (χ1) is 12.5. The number of hydrogen-bond donors (Lipinski definition) is 1. The van der Waals surface area contributed by atoms with Crippen LogP contribution in [0.1, 0.15) is 5.69 Å². The number of aromatic nitrogens is 1. The standard InChI is InChI=1S/C18H17N3O4S/c1-20-8-4-5-11(20)9-13-16(22)19-18(26)21(17(13)23)14-10-12(24-2)6-7-15(14)25-3/h4-10H,1-3H3,(H,19,22,26). The van der Waals surface area contributed by atoms with Gasteiger partial charge in [-0.25, -0.2) is 4.90 Å². The van der Waals surface area contributed by atoms with E-state index in [0.29, 0.717) is 22.9 Å². The Morgan fingerprint density at radius 1 is 1.15 bits per heavy atom. The van der Waals surface area contributed by atoms with Gasteiger partial charge in [-0.05, 0) is 42.6 Å². The van der Waals surface area contributed by atoms with E-state index in [0.717, 1.165) is 0 Å². The van der Waals surface area contributed by atoms with Crippen LogP contribution in [0, 0.1) is 0 Å². The molecule has 1 N–H and O–H groups in total. The molecule has 2 amide bonds. The number of benzene rings is 1. The third-order valence-electron chi connectivity index (χ3n) is 4.00. The number of aryl methyl sites for hydroxylation is 1. The first-order valence-corrected chi connectivity index (χ1v) is 8.12. The number of ether oxygens (including phenoxy) is 2. The van der Waals surface area contributed by atoms with Gasteiger partial charge in [-0.3, -0.25) is 14.9 Å². The van der Waals surface area contributed by atoms with Crippen molar-refractivity contribution in [1.82, 2.24) is 9.88 Å². The normalized spacial score (nSPS) is 16.0. The lowest BCUT2D eigenvalue weighted by Gasteiger charge is -2.30. The molecule has 1 saturated heterocycles. The highest BCUT2D eigenvalue weighted by Crippen LogP contribution is 2.34. The van der Waals surface area contributed by atoms with Gasteiger partial charge in [0.25, 0.3) is 11.8 Å². The summed E-state index contributed by atoms with van der Waals surface area (Å²) in [6.07, 6.45) is 3.35. The van der Waals surface area contributed by atoms with Crippen molar-refractivity contribution in [3.05, 3.63) is 47.8 Å². The van der Waals surface area contributed by atoms with Crippen LogP contribution in [0.15, 0.2) is 42.1 Å². The van der Waals surface area contributed by atoms with E-state index < -0.39 is 11.8 Å². The summed E-state index contributed by atoms with van der Waals surface area (Å²) in [6, 6.07) is 8.63. The van der Waals surface area contributed by atoms with E-state index in [2.05, 4.69) is 5.32 Å². The van der Waals surface area contributed by atoms with Gasteiger partial charge in [0.2, 0.25) is 0 Å². The predicted octanol–water partition coefficient (Wildman–Crippen LogP) is 1.87. The Kier molecular flexibility index (Phi) is 4.77. The van der Waals surface area contributed by atoms with E-state index in [1.165, 1.54) is 25.2 Å². The number of nitrogens with zero attached hydrogens (tertiary/aromatic N) is 2. The smallest absolute Gasteiger partial charge is 0.270 e. The first-order valence-electron chi connectivity index (χ1n) is 7.71. The van der Waals surface area contributed by atoms with Gasteiger partial charge in [-0.2, -0.15) is 0 Å². The van der Waals surface area contributed by atoms with Crippen LogP contribution in [-0.4, -0.2) is 35.7 Å². The van der Waals surface area contributed by atoms with Crippen molar-refractivity contribution in [2.75, 3.05) is 19.1 Å². The molecule has 26 heavy (non-hydrogen) atoms. The van der Waals surface area contributed by atoms with Crippen molar-refractivity contribution in [2.45, 2.75) is 0 Å². The molecule has 2 aromatic rings. The number of nitrogens with one attached hydrogen (secondary N) is 1. The summed E-state index contributed by atoms with van der Waals surface area (Å²) in [5, 5.41) is 2.53. The molecule has 1 fully saturated rings. The van der Waals surface area contributed by atoms with Gasteiger partial charge in [0, 0.05) is 25.0 Å². The Balaban J connectivity index is 2.09. The van der Waals surface area contributed by atoms with Crippen LogP contribution in [0.4, 0.5) is 5.69 Å². The fourth-order valence-corrected chi connectivity index (χ4v) is 2.89. The lowest BCUT2D eigenvalue weighted by Crippen LogP contribution is -2.54. The van der Waals surface area contributed by atoms with Crippen LogP contribution >= 0.6 is 12.2 Å². The molecule has 0 spiro atoms. The van der Waals surface area contributed by atoms with Gasteiger partial charge >= 0.3 is 0 Å². The van der Waals surface area contributed by atoms with Gasteiger partial charge in [0.1, 0.15) is 17.1 Å². The molecule has 0 unspecified atom stereocenters. The van der Waals surface area contributed by atoms with Gasteiger partial charge in [0.15, 0.2) is 5.11 Å². The summed E-state index contributed by atoms with van der Waals surface area (Å²) in [7, 11) is 4.83. The van der Waals surface area contributed by atoms with Crippen LogP contribution in [0.5, 0.6) is 11.5 Å². The van der Waals surface area contributed by atoms with Gasteiger partial charge < -0.3 is 14.0 Å². The Labute approximate surface area is 155 Å². The van der Waals surface area contributed by atoms with Crippen LogP contribution in [0.2, 0.25) is 0 Å². The van der Waals surface area contributed by atoms with E-state index in [1.807, 2.05) is 19.3 Å². The van der Waals surface area contributed by atoms with Crippen molar-refractivity contribution >= 4 is 40.9 Å². The zero-order valence-corrected chi connectivity index (χ0v) is 15.3. The first kappa shape index (κ1) is 17.7. The second kappa shape index (κ2) is 7.01. The molecule has 3 rings (SSSR count). The van der Waals surface area contributed by atoms with Crippen LogP contribution in [0.25, 0.3) is 6.08 Å². The molecule has 8 heteroatoms. The molecule has 2 heterocycles. The summed E-state index contributed by atoms with van der Waals surface area (Å²) in [4.78, 5) is 26.6. The molecule has 0 bridgehead atoms. The van der Waals surface area contributed by atoms with Crippen molar-refractivity contribution in [1.29, 1.82) is 0 Å². The third-order valence-corrected chi connectivity index (χ3v) is 4.29. The number of carbonyl (C=O) groups is 2. The maximum absolute atomic E-state index is 13.1. The Bertz CT molecular complexity index is 932. The maximum atomic E-state index is 13.1. The van der Waals surface area contributed by atoms with Crippen molar-refractivity contribution < 1.29 is 19.1 Å². The fraction of sp³-hybridized carbons (Fsp3) is 0.167. The SMILES string of the molecule is COc1ccc(OC)c(N2C(=O)C(=Cc3cccn3C)C(=O)NC2=S)c1. The molecule has 0 aliphatic carbocycles. The average molecular weight is 371 g/mol. The molecule has 0 radical (unpaired) electrons. The molecule has 1 aromatic heterocycles. The molecule has 0 atom stereocenters. The number of carbonyl (C=O) groups excluding carboxylic acids is 2. The molecule has 1 aromatic carbocycles. The summed E-state index contributed by atoms with van der Waals surface area (Å²) >= 11 is 5.22. The largest absolute Gasteiger partial charge is 0.497 e. The molecule has 0 saturated carbocycles. The van der Waals surface area contributed by atoms with Gasteiger partial charge in [-0.15, -0.1) is 0 Å². The molecular formula is C18H17N3O4S. The van der Waals surface area contributed by atoms with E-state index >= 15 is 0 Å². The zero-order chi connectivity index (χ0) is 18.8. The minimum atomic E-state index is -0.542. The Morgan fingerprint density at radius 3 is 2.54 bits per heavy atom. The number of hydrogen-bond acceptors (Lipinski definition) is 5. The van der Waals surface area contributed by atoms with Gasteiger partial charge in [-0.1, -0.05) is 0 Å². The molecular weight excluding hydrogens is 354 g/mol. The van der Waals surface area contributed by atoms with E-state index in [9.17, 15) is 9.59 Å². The minimum Gasteiger partial charge on any atom is -0.497 e. The van der Waals surface area contributed by atoms with Crippen LogP contribution in [0.3, 0.4) is 0 Å². The second-order valence-electron chi connectivity index (χ2n) is 5.54. The third kappa shape index (κ3) is 3.06. The predicted molar refractivity (Wildman–Crippen MR) is 101 cm³/mol. The topological polar surface area (TPSA) is 72.8 Å². The Hall–Kier alpha value is -3.13. The lowest BCUT2D eigenvalue weighted by atomic mass is 10.1. The molecule has 1 aliphatic heterocycles. The number of thiocarbonyl (C=S) groups is 1. The highest BCUT2D eigenvalue weighted by atomic mass is 32.1. The van der Waals surface area contributed by atoms with Crippen LogP contribution in [-0.2, 0) is 16.6 Å². The molecule has 134 valence electrons. The molecule has 7 nitrogen and oxygen atoms in total. The molecule has 1 aliphatic rings. The van der Waals surface area contributed by atoms with Crippen molar-refractivity contribution in [3.8, 4) is 11.5 Å². The summed E-state index contributed by atoms with van der Waals surface area (Å²) in [5.41, 5.74) is 1.08. The van der Waals surface area contributed by atoms with Crippen LogP contribution < -0.4 is 19.7 Å². The summed E-state index contributed by atoms with van der Waals surface area (Å²) < 4.78 is 12.4. The summed E-state index contributed by atoms with van der Waals surface area (Å²) in [5.74, 6) is -0.122.